The third-order valence-electron chi connectivity index (χ3n) is 1.52. The average Bonchev–Trinajstić information content (AvgIpc) is 2.15. The van der Waals surface area contributed by atoms with E-state index in [0.29, 0.717) is 0 Å². The van der Waals surface area contributed by atoms with Crippen molar-refractivity contribution in [2.45, 2.75) is 4.22 Å². The van der Waals surface area contributed by atoms with Gasteiger partial charge in [-0.2, -0.15) is 0 Å². The van der Waals surface area contributed by atoms with Crippen molar-refractivity contribution in [3.05, 3.63) is 39.9 Å². The first-order chi connectivity index (χ1) is 7.29. The first-order valence-electron chi connectivity index (χ1n) is 3.84. The maximum atomic E-state index is 11.9. The van der Waals surface area contributed by atoms with Crippen molar-refractivity contribution in [2.75, 3.05) is 0 Å². The van der Waals surface area contributed by atoms with Crippen molar-refractivity contribution >= 4 is 30.4 Å². The van der Waals surface area contributed by atoms with Gasteiger partial charge in [-0.05, 0) is 0 Å². The number of non-ortho nitro benzene ring substituents is 1. The summed E-state index contributed by atoms with van der Waals surface area (Å²) in [6.45, 7) is 0. The Hall–Kier alpha value is -1.13. The molecule has 0 atom stereocenters. The predicted molar refractivity (Wildman–Crippen MR) is 49.2 cm³/mol. The van der Waals surface area contributed by atoms with Gasteiger partial charge in [0.15, 0.2) is 0 Å². The molecule has 0 aromatic heterocycles. The van der Waals surface area contributed by atoms with Gasteiger partial charge in [0.1, 0.15) is 0 Å². The molecule has 86 valence electrons. The number of carbonyl (C=O) groups excluding carboxylic acids is 1. The van der Waals surface area contributed by atoms with E-state index in [2.05, 4.69) is 0 Å². The zero-order valence-electron chi connectivity index (χ0n) is 7.52. The number of hydrogen-bond acceptors (Lipinski definition) is 3. The number of halogens is 3. The Kier molecular flexibility index (Phi) is 3.88. The molecular weight excluding hydrogens is 343 g/mol. The average molecular weight is 347 g/mol. The Morgan fingerprint density at radius 3 is 2.12 bits per heavy atom. The maximum absolute atomic E-state index is 11.9. The van der Waals surface area contributed by atoms with E-state index in [1.165, 1.54) is 0 Å². The van der Waals surface area contributed by atoms with Crippen molar-refractivity contribution < 1.29 is 22.9 Å². The zero-order chi connectivity index (χ0) is 12.3. The number of rotatable bonds is 3. The molecule has 0 N–H and O–H groups in total. The van der Waals surface area contributed by atoms with E-state index in [0.717, 1.165) is 24.3 Å². The Bertz CT molecular complexity index is 416. The SMILES string of the molecule is O=C([Te]C(F)(F)F)c1ccc([N+](=O)[O-])cc1. The topological polar surface area (TPSA) is 60.2 Å². The van der Waals surface area contributed by atoms with Crippen LogP contribution in [0.5, 0.6) is 0 Å². The second kappa shape index (κ2) is 4.80. The van der Waals surface area contributed by atoms with Gasteiger partial charge >= 0.3 is 97.5 Å². The quantitative estimate of drug-likeness (QED) is 0.477. The Morgan fingerprint density at radius 1 is 1.25 bits per heavy atom. The van der Waals surface area contributed by atoms with Crippen molar-refractivity contribution in [2.24, 2.45) is 0 Å². The number of hydrogen-bond donors (Lipinski definition) is 0. The third-order valence-corrected chi connectivity index (χ3v) is 3.38. The van der Waals surface area contributed by atoms with Gasteiger partial charge in [-0.1, -0.05) is 0 Å². The van der Waals surface area contributed by atoms with E-state index in [-0.39, 0.29) is 11.3 Å². The Balaban J connectivity index is 2.82. The fourth-order valence-corrected chi connectivity index (χ4v) is 2.21. The molecule has 4 nitrogen and oxygen atoms in total. The minimum atomic E-state index is -4.44. The van der Waals surface area contributed by atoms with Gasteiger partial charge < -0.3 is 0 Å². The van der Waals surface area contributed by atoms with Crippen LogP contribution in [-0.4, -0.2) is 33.9 Å². The van der Waals surface area contributed by atoms with Crippen molar-refractivity contribution in [1.82, 2.24) is 0 Å². The van der Waals surface area contributed by atoms with Crippen molar-refractivity contribution in [3.63, 3.8) is 0 Å². The van der Waals surface area contributed by atoms with Crippen LogP contribution in [0.1, 0.15) is 10.4 Å². The molecule has 0 fully saturated rings. The molecule has 0 spiro atoms. The molecule has 0 radical (unpaired) electrons. The molecule has 0 aliphatic heterocycles. The summed E-state index contributed by atoms with van der Waals surface area (Å²) >= 11 is -2.78. The van der Waals surface area contributed by atoms with E-state index in [1.54, 1.807) is 0 Å². The zero-order valence-corrected chi connectivity index (χ0v) is 9.85. The summed E-state index contributed by atoms with van der Waals surface area (Å²) in [6, 6.07) is 4.10. The van der Waals surface area contributed by atoms with Gasteiger partial charge in [-0.15, -0.1) is 0 Å². The summed E-state index contributed by atoms with van der Waals surface area (Å²) in [4.78, 5) is 20.7. The number of benzene rings is 1. The summed E-state index contributed by atoms with van der Waals surface area (Å²) in [5.41, 5.74) is -0.394. The van der Waals surface area contributed by atoms with Crippen LogP contribution in [0.25, 0.3) is 0 Å². The van der Waals surface area contributed by atoms with Crippen molar-refractivity contribution in [3.8, 4) is 0 Å². The molecule has 0 heterocycles. The third kappa shape index (κ3) is 3.79. The van der Waals surface area contributed by atoms with E-state index >= 15 is 0 Å². The number of nitro benzene ring substituents is 1. The molecule has 0 aliphatic carbocycles. The number of alkyl halides is 3. The molecule has 0 bridgehead atoms. The van der Waals surface area contributed by atoms with E-state index in [1.807, 2.05) is 0 Å². The number of nitrogens with zero attached hydrogens (tertiary/aromatic N) is 1. The second-order valence-electron chi connectivity index (χ2n) is 2.64. The van der Waals surface area contributed by atoms with Crippen LogP contribution in [0, 0.1) is 10.1 Å². The molecule has 0 unspecified atom stereocenters. The summed E-state index contributed by atoms with van der Waals surface area (Å²) in [5, 5.41) is 10.3. The van der Waals surface area contributed by atoms with Crippen LogP contribution in [0.2, 0.25) is 0 Å². The van der Waals surface area contributed by atoms with E-state index in [9.17, 15) is 28.1 Å². The molecule has 0 saturated heterocycles. The van der Waals surface area contributed by atoms with Gasteiger partial charge in [0.25, 0.3) is 0 Å². The first-order valence-corrected chi connectivity index (χ1v) is 6.17. The first kappa shape index (κ1) is 12.9. The predicted octanol–water partition coefficient (Wildman–Crippen LogP) is 1.96. The molecular formula is C8H4F3NO3Te. The second-order valence-corrected chi connectivity index (χ2v) is 5.60. The van der Waals surface area contributed by atoms with Crippen LogP contribution in [0.4, 0.5) is 18.9 Å². The van der Waals surface area contributed by atoms with Crippen molar-refractivity contribution in [1.29, 1.82) is 0 Å². The normalized spacial score (nSPS) is 11.2. The van der Waals surface area contributed by atoms with Crippen LogP contribution >= 0.6 is 0 Å². The van der Waals surface area contributed by atoms with Gasteiger partial charge in [-0.25, -0.2) is 0 Å². The molecule has 8 heteroatoms. The fraction of sp³-hybridized carbons (Fsp3) is 0.125. The van der Waals surface area contributed by atoms with Gasteiger partial charge in [-0.3, -0.25) is 0 Å². The van der Waals surface area contributed by atoms with Gasteiger partial charge in [0, 0.05) is 0 Å². The fourth-order valence-electron chi connectivity index (χ4n) is 0.883. The molecule has 0 amide bonds. The Labute approximate surface area is 97.7 Å². The van der Waals surface area contributed by atoms with Crippen LogP contribution in [0.3, 0.4) is 0 Å². The number of carbonyl (C=O) groups is 1. The molecule has 1 aromatic rings. The minimum absolute atomic E-state index is 0.134. The van der Waals surface area contributed by atoms with Gasteiger partial charge in [0.05, 0.1) is 0 Å². The van der Waals surface area contributed by atoms with E-state index in [4.69, 9.17) is 0 Å². The van der Waals surface area contributed by atoms with Crippen LogP contribution in [0.15, 0.2) is 24.3 Å². The standard InChI is InChI=1S/C8H4F3NO3Te/c9-8(10,11)16-7(13)5-1-3-6(4-2-5)12(14)15/h1-4H. The molecule has 1 rings (SSSR count). The Morgan fingerprint density at radius 2 is 1.75 bits per heavy atom. The summed E-state index contributed by atoms with van der Waals surface area (Å²) in [6.07, 6.45) is 0. The summed E-state index contributed by atoms with van der Waals surface area (Å²) in [7, 11) is 0. The summed E-state index contributed by atoms with van der Waals surface area (Å²) < 4.78 is 30.4. The van der Waals surface area contributed by atoms with Crippen LogP contribution in [-0.2, 0) is 0 Å². The van der Waals surface area contributed by atoms with Gasteiger partial charge in [0.2, 0.25) is 0 Å². The molecule has 0 saturated carbocycles. The monoisotopic (exact) mass is 349 g/mol. The summed E-state index contributed by atoms with van der Waals surface area (Å²) in [5.74, 6) is 0. The molecule has 0 aliphatic rings. The van der Waals surface area contributed by atoms with E-state index < -0.39 is 33.9 Å². The number of nitro groups is 1. The molecule has 1 aromatic carbocycles. The molecule has 16 heavy (non-hydrogen) atoms. The van der Waals surface area contributed by atoms with Crippen LogP contribution < -0.4 is 0 Å².